The van der Waals surface area contributed by atoms with Crippen LogP contribution in [0, 0.1) is 0 Å². The number of carbonyl (C=O) groups excluding carboxylic acids is 2. The number of pyridine rings is 1. The van der Waals surface area contributed by atoms with E-state index in [-0.39, 0.29) is 5.91 Å². The van der Waals surface area contributed by atoms with Gasteiger partial charge in [0.15, 0.2) is 5.96 Å². The molecule has 0 aliphatic heterocycles. The molecule has 1 rings (SSSR count). The van der Waals surface area contributed by atoms with Crippen LogP contribution in [0.15, 0.2) is 29.5 Å². The van der Waals surface area contributed by atoms with Crippen molar-refractivity contribution < 1.29 is 14.3 Å². The van der Waals surface area contributed by atoms with Crippen molar-refractivity contribution in [1.29, 1.82) is 0 Å². The smallest absolute Gasteiger partial charge is 0.408 e. The van der Waals surface area contributed by atoms with Crippen LogP contribution in [-0.2, 0) is 4.74 Å². The fraction of sp³-hybridized carbons (Fsp3) is 0.600. The minimum atomic E-state index is -0.584. The van der Waals surface area contributed by atoms with Gasteiger partial charge in [-0.1, -0.05) is 0 Å². The number of amides is 2. The van der Waals surface area contributed by atoms with Gasteiger partial charge in [-0.15, -0.1) is 0 Å². The monoisotopic (exact) mass is 406 g/mol. The van der Waals surface area contributed by atoms with Crippen molar-refractivity contribution in [2.75, 3.05) is 26.2 Å². The Morgan fingerprint density at radius 1 is 1.10 bits per heavy atom. The van der Waals surface area contributed by atoms with E-state index < -0.39 is 17.2 Å². The van der Waals surface area contributed by atoms with Crippen molar-refractivity contribution in [3.05, 3.63) is 30.1 Å². The van der Waals surface area contributed by atoms with Gasteiger partial charge in [0.25, 0.3) is 5.91 Å². The van der Waals surface area contributed by atoms with E-state index in [0.717, 1.165) is 0 Å². The molecule has 1 aromatic rings. The normalized spacial score (nSPS) is 12.1. The maximum atomic E-state index is 12.0. The number of nitrogens with zero attached hydrogens (tertiary/aromatic N) is 2. The van der Waals surface area contributed by atoms with Crippen molar-refractivity contribution in [1.82, 2.24) is 26.3 Å². The topological polar surface area (TPSA) is 117 Å². The average Bonchev–Trinajstić information content (AvgIpc) is 2.61. The molecule has 2 amide bonds. The van der Waals surface area contributed by atoms with Gasteiger partial charge in [-0.2, -0.15) is 0 Å². The van der Waals surface area contributed by atoms with E-state index in [9.17, 15) is 9.59 Å². The van der Waals surface area contributed by atoms with E-state index in [4.69, 9.17) is 4.74 Å². The minimum Gasteiger partial charge on any atom is -0.444 e. The maximum absolute atomic E-state index is 12.0. The molecule has 0 aliphatic rings. The molecule has 9 heteroatoms. The van der Waals surface area contributed by atoms with Gasteiger partial charge in [0.2, 0.25) is 0 Å². The lowest BCUT2D eigenvalue weighted by atomic mass is 10.1. The van der Waals surface area contributed by atoms with E-state index in [0.29, 0.717) is 37.7 Å². The van der Waals surface area contributed by atoms with Gasteiger partial charge < -0.3 is 26.0 Å². The van der Waals surface area contributed by atoms with E-state index in [1.165, 1.54) is 6.20 Å². The predicted octanol–water partition coefficient (Wildman–Crippen LogP) is 1.67. The molecule has 0 bridgehead atoms. The lowest BCUT2D eigenvalue weighted by Crippen LogP contribution is -2.49. The fourth-order valence-electron chi connectivity index (χ4n) is 2.19. The van der Waals surface area contributed by atoms with E-state index in [1.54, 1.807) is 18.3 Å². The van der Waals surface area contributed by atoms with Crippen molar-refractivity contribution in [3.8, 4) is 0 Å². The minimum absolute atomic E-state index is 0.176. The Hall–Kier alpha value is -2.84. The molecule has 162 valence electrons. The first kappa shape index (κ1) is 24.2. The number of hydrogen-bond donors (Lipinski definition) is 4. The summed E-state index contributed by atoms with van der Waals surface area (Å²) in [5.74, 6) is 0.423. The summed E-state index contributed by atoms with van der Waals surface area (Å²) in [4.78, 5) is 32.4. The fourth-order valence-corrected chi connectivity index (χ4v) is 2.19. The first-order valence-corrected chi connectivity index (χ1v) is 9.74. The molecule has 0 aliphatic carbocycles. The summed E-state index contributed by atoms with van der Waals surface area (Å²) in [6.45, 7) is 13.1. The molecule has 0 radical (unpaired) electrons. The Morgan fingerprint density at radius 2 is 1.79 bits per heavy atom. The number of alkyl carbamates (subject to hydrolysis) is 1. The molecule has 0 fully saturated rings. The third kappa shape index (κ3) is 10.9. The molecule has 9 nitrogen and oxygen atoms in total. The molecular weight excluding hydrogens is 372 g/mol. The van der Waals surface area contributed by atoms with Gasteiger partial charge in [0, 0.05) is 32.0 Å². The number of aromatic nitrogens is 1. The van der Waals surface area contributed by atoms with Crippen molar-refractivity contribution in [3.63, 3.8) is 0 Å². The number of nitrogens with one attached hydrogen (secondary N) is 4. The number of guanidine groups is 1. The van der Waals surface area contributed by atoms with Crippen molar-refractivity contribution in [2.45, 2.75) is 52.7 Å². The second-order valence-electron chi connectivity index (χ2n) is 8.13. The Labute approximate surface area is 173 Å². The summed E-state index contributed by atoms with van der Waals surface area (Å²) in [6, 6.07) is 3.43. The molecule has 4 N–H and O–H groups in total. The highest BCUT2D eigenvalue weighted by Crippen LogP contribution is 2.09. The van der Waals surface area contributed by atoms with Crippen LogP contribution in [0.4, 0.5) is 4.79 Å². The van der Waals surface area contributed by atoms with Crippen LogP contribution in [-0.4, -0.2) is 60.3 Å². The van der Waals surface area contributed by atoms with E-state index in [2.05, 4.69) is 31.2 Å². The molecule has 0 spiro atoms. The molecule has 1 heterocycles. The number of aliphatic imine (C=N–C) groups is 1. The first-order chi connectivity index (χ1) is 13.5. The molecule has 0 saturated carbocycles. The lowest BCUT2D eigenvalue weighted by Gasteiger charge is -2.27. The Morgan fingerprint density at radius 3 is 2.38 bits per heavy atom. The third-order valence-electron chi connectivity index (χ3n) is 3.44. The second-order valence-corrected chi connectivity index (χ2v) is 8.13. The SMILES string of the molecule is CCNC(=NCC(C)(C)NC(=O)OC(C)(C)C)NCCNC(=O)c1cccnc1. The summed E-state index contributed by atoms with van der Waals surface area (Å²) in [7, 11) is 0. The van der Waals surface area contributed by atoms with Crippen molar-refractivity contribution in [2.24, 2.45) is 4.99 Å². The number of rotatable bonds is 8. The predicted molar refractivity (Wildman–Crippen MR) is 114 cm³/mol. The van der Waals surface area contributed by atoms with E-state index >= 15 is 0 Å². The average molecular weight is 407 g/mol. The molecule has 0 unspecified atom stereocenters. The van der Waals surface area contributed by atoms with Gasteiger partial charge in [-0.25, -0.2) is 4.79 Å². The van der Waals surface area contributed by atoms with Crippen LogP contribution >= 0.6 is 0 Å². The molecule has 0 saturated heterocycles. The number of ether oxygens (including phenoxy) is 1. The van der Waals surface area contributed by atoms with Crippen molar-refractivity contribution >= 4 is 18.0 Å². The maximum Gasteiger partial charge on any atom is 0.408 e. The van der Waals surface area contributed by atoms with Gasteiger partial charge >= 0.3 is 6.09 Å². The standard InChI is InChI=1S/C20H34N6O3/c1-7-22-17(24-12-11-23-16(27)15-9-8-10-21-13-15)25-14-20(5,6)26-18(28)29-19(2,3)4/h8-10,13H,7,11-12,14H2,1-6H3,(H,23,27)(H,26,28)(H2,22,24,25). The zero-order valence-electron chi connectivity index (χ0n) is 18.3. The van der Waals surface area contributed by atoms with Crippen LogP contribution in [0.5, 0.6) is 0 Å². The summed E-state index contributed by atoms with van der Waals surface area (Å²) in [5, 5.41) is 11.9. The van der Waals surface area contributed by atoms with Gasteiger partial charge in [0.1, 0.15) is 5.60 Å². The highest BCUT2D eigenvalue weighted by molar-refractivity contribution is 5.93. The number of carbonyl (C=O) groups is 2. The summed E-state index contributed by atoms with van der Waals surface area (Å²) in [5.41, 5.74) is -0.623. The van der Waals surface area contributed by atoms with Crippen LogP contribution in [0.1, 0.15) is 51.9 Å². The van der Waals surface area contributed by atoms with Crippen LogP contribution in [0.25, 0.3) is 0 Å². The van der Waals surface area contributed by atoms with E-state index in [1.807, 2.05) is 41.5 Å². The molecule has 0 aromatic carbocycles. The van der Waals surface area contributed by atoms with Crippen LogP contribution < -0.4 is 21.3 Å². The molecule has 1 aromatic heterocycles. The zero-order chi connectivity index (χ0) is 21.9. The first-order valence-electron chi connectivity index (χ1n) is 9.74. The van der Waals surface area contributed by atoms with Crippen LogP contribution in [0.3, 0.4) is 0 Å². The summed E-state index contributed by atoms with van der Waals surface area (Å²) < 4.78 is 5.29. The molecule has 0 atom stereocenters. The van der Waals surface area contributed by atoms with Gasteiger partial charge in [-0.05, 0) is 53.7 Å². The Balaban J connectivity index is 2.48. The Kier molecular flexibility index (Phi) is 9.37. The van der Waals surface area contributed by atoms with Gasteiger partial charge in [0.05, 0.1) is 17.6 Å². The summed E-state index contributed by atoms with van der Waals surface area (Å²) in [6.07, 6.45) is 2.67. The zero-order valence-corrected chi connectivity index (χ0v) is 18.3. The largest absolute Gasteiger partial charge is 0.444 e. The van der Waals surface area contributed by atoms with Crippen LogP contribution in [0.2, 0.25) is 0 Å². The summed E-state index contributed by atoms with van der Waals surface area (Å²) >= 11 is 0. The molecule has 29 heavy (non-hydrogen) atoms. The lowest BCUT2D eigenvalue weighted by molar-refractivity contribution is 0.0476. The molecular formula is C20H34N6O3. The third-order valence-corrected chi connectivity index (χ3v) is 3.44. The Bertz CT molecular complexity index is 683. The second kappa shape index (κ2) is 11.2. The van der Waals surface area contributed by atoms with Gasteiger partial charge in [-0.3, -0.25) is 14.8 Å². The quantitative estimate of drug-likeness (QED) is 0.296. The highest BCUT2D eigenvalue weighted by atomic mass is 16.6. The highest BCUT2D eigenvalue weighted by Gasteiger charge is 2.24. The number of hydrogen-bond acceptors (Lipinski definition) is 5.